The van der Waals surface area contributed by atoms with Gasteiger partial charge in [0, 0.05) is 11.6 Å². The summed E-state index contributed by atoms with van der Waals surface area (Å²) < 4.78 is 38.8. The summed E-state index contributed by atoms with van der Waals surface area (Å²) in [5.74, 6) is 1.65. The maximum atomic E-state index is 12.7. The van der Waals surface area contributed by atoms with Gasteiger partial charge < -0.3 is 9.47 Å². The topological polar surface area (TPSA) is 64.6 Å². The first-order valence-corrected chi connectivity index (χ1v) is 10.1. The van der Waals surface area contributed by atoms with Crippen molar-refractivity contribution in [3.8, 4) is 11.5 Å². The summed E-state index contributed by atoms with van der Waals surface area (Å²) in [6.07, 6.45) is 1.01. The Kier molecular flexibility index (Phi) is 6.67. The van der Waals surface area contributed by atoms with Crippen LogP contribution in [0.4, 0.5) is 0 Å². The molecule has 2 rings (SSSR count). The SMILES string of the molecule is CCC(C)c1ccc(S(=O)(=O)NC(C)c2cc(OC)ccc2OC)cc1. The molecule has 0 saturated carbocycles. The van der Waals surface area contributed by atoms with E-state index in [1.807, 2.05) is 12.1 Å². The van der Waals surface area contributed by atoms with Crippen LogP contribution in [-0.2, 0) is 10.0 Å². The lowest BCUT2D eigenvalue weighted by atomic mass is 9.99. The van der Waals surface area contributed by atoms with Crippen molar-refractivity contribution < 1.29 is 17.9 Å². The van der Waals surface area contributed by atoms with E-state index in [0.717, 1.165) is 12.0 Å². The number of benzene rings is 2. The largest absolute Gasteiger partial charge is 0.497 e. The van der Waals surface area contributed by atoms with Crippen molar-refractivity contribution in [1.82, 2.24) is 4.72 Å². The summed E-state index contributed by atoms with van der Waals surface area (Å²) in [4.78, 5) is 0.248. The molecule has 0 fully saturated rings. The van der Waals surface area contributed by atoms with Gasteiger partial charge in [-0.2, -0.15) is 0 Å². The van der Waals surface area contributed by atoms with Crippen LogP contribution in [0.3, 0.4) is 0 Å². The first-order chi connectivity index (χ1) is 12.3. The van der Waals surface area contributed by atoms with Crippen LogP contribution >= 0.6 is 0 Å². The second-order valence-electron chi connectivity index (χ2n) is 6.33. The molecule has 0 saturated heterocycles. The quantitative estimate of drug-likeness (QED) is 0.747. The van der Waals surface area contributed by atoms with Gasteiger partial charge in [0.2, 0.25) is 10.0 Å². The molecule has 1 N–H and O–H groups in total. The molecule has 0 aliphatic rings. The van der Waals surface area contributed by atoms with Gasteiger partial charge in [-0.3, -0.25) is 0 Å². The van der Waals surface area contributed by atoms with Crippen molar-refractivity contribution in [3.63, 3.8) is 0 Å². The number of ether oxygens (including phenoxy) is 2. The van der Waals surface area contributed by atoms with Crippen LogP contribution in [0.2, 0.25) is 0 Å². The van der Waals surface area contributed by atoms with Gasteiger partial charge in [0.25, 0.3) is 0 Å². The molecule has 0 amide bonds. The van der Waals surface area contributed by atoms with E-state index in [2.05, 4.69) is 18.6 Å². The van der Waals surface area contributed by atoms with Crippen LogP contribution in [-0.4, -0.2) is 22.6 Å². The normalized spacial score (nSPS) is 13.9. The van der Waals surface area contributed by atoms with Crippen LogP contribution in [0.25, 0.3) is 0 Å². The van der Waals surface area contributed by atoms with Crippen LogP contribution < -0.4 is 14.2 Å². The lowest BCUT2D eigenvalue weighted by Gasteiger charge is -2.18. The number of hydrogen-bond donors (Lipinski definition) is 1. The lowest BCUT2D eigenvalue weighted by molar-refractivity contribution is 0.395. The van der Waals surface area contributed by atoms with Gasteiger partial charge in [0.15, 0.2) is 0 Å². The second kappa shape index (κ2) is 8.56. The smallest absolute Gasteiger partial charge is 0.241 e. The zero-order chi connectivity index (χ0) is 19.3. The minimum atomic E-state index is -3.65. The first-order valence-electron chi connectivity index (χ1n) is 8.66. The van der Waals surface area contributed by atoms with Crippen molar-refractivity contribution in [2.24, 2.45) is 0 Å². The Hall–Kier alpha value is -2.05. The fraction of sp³-hybridized carbons (Fsp3) is 0.400. The summed E-state index contributed by atoms with van der Waals surface area (Å²) in [6, 6.07) is 11.9. The van der Waals surface area contributed by atoms with E-state index >= 15 is 0 Å². The first kappa shape index (κ1) is 20.3. The molecule has 6 heteroatoms. The lowest BCUT2D eigenvalue weighted by Crippen LogP contribution is -2.27. The molecule has 0 heterocycles. The minimum absolute atomic E-state index is 0.248. The molecule has 0 spiro atoms. The summed E-state index contributed by atoms with van der Waals surface area (Å²) in [6.45, 7) is 6.02. The van der Waals surface area contributed by atoms with Gasteiger partial charge in [-0.05, 0) is 55.2 Å². The number of methoxy groups -OCH3 is 2. The fourth-order valence-corrected chi connectivity index (χ4v) is 3.98. The zero-order valence-electron chi connectivity index (χ0n) is 15.9. The van der Waals surface area contributed by atoms with Crippen molar-refractivity contribution in [2.45, 2.75) is 44.0 Å². The summed E-state index contributed by atoms with van der Waals surface area (Å²) in [5.41, 5.74) is 1.85. The third kappa shape index (κ3) is 4.56. The van der Waals surface area contributed by atoms with Gasteiger partial charge in [-0.1, -0.05) is 26.0 Å². The highest BCUT2D eigenvalue weighted by molar-refractivity contribution is 7.89. The van der Waals surface area contributed by atoms with E-state index in [9.17, 15) is 8.42 Å². The molecule has 2 aromatic carbocycles. The molecular formula is C20H27NO4S. The maximum Gasteiger partial charge on any atom is 0.241 e. The van der Waals surface area contributed by atoms with Crippen molar-refractivity contribution >= 4 is 10.0 Å². The molecule has 0 radical (unpaired) electrons. The van der Waals surface area contributed by atoms with Crippen LogP contribution in [0.1, 0.15) is 50.3 Å². The summed E-state index contributed by atoms with van der Waals surface area (Å²) >= 11 is 0. The van der Waals surface area contributed by atoms with Gasteiger partial charge >= 0.3 is 0 Å². The Morgan fingerprint density at radius 2 is 1.65 bits per heavy atom. The second-order valence-corrected chi connectivity index (χ2v) is 8.04. The van der Waals surface area contributed by atoms with E-state index in [-0.39, 0.29) is 4.90 Å². The van der Waals surface area contributed by atoms with Crippen molar-refractivity contribution in [3.05, 3.63) is 53.6 Å². The average Bonchev–Trinajstić information content (AvgIpc) is 2.66. The number of sulfonamides is 1. The molecule has 2 unspecified atom stereocenters. The van der Waals surface area contributed by atoms with E-state index < -0.39 is 16.1 Å². The highest BCUT2D eigenvalue weighted by Crippen LogP contribution is 2.30. The predicted molar refractivity (Wildman–Crippen MR) is 103 cm³/mol. The Morgan fingerprint density at radius 3 is 2.19 bits per heavy atom. The van der Waals surface area contributed by atoms with Gasteiger partial charge in [-0.25, -0.2) is 13.1 Å². The predicted octanol–water partition coefficient (Wildman–Crippen LogP) is 4.26. The Labute approximate surface area is 156 Å². The Balaban J connectivity index is 2.26. The molecule has 0 aliphatic heterocycles. The highest BCUT2D eigenvalue weighted by Gasteiger charge is 2.21. The van der Waals surface area contributed by atoms with Gasteiger partial charge in [0.1, 0.15) is 11.5 Å². The van der Waals surface area contributed by atoms with Gasteiger partial charge in [0.05, 0.1) is 19.1 Å². The molecular weight excluding hydrogens is 350 g/mol. The molecule has 2 aromatic rings. The third-order valence-electron chi connectivity index (χ3n) is 4.61. The fourth-order valence-electron chi connectivity index (χ4n) is 2.75. The molecule has 0 aliphatic carbocycles. The van der Waals surface area contributed by atoms with E-state index in [0.29, 0.717) is 23.0 Å². The molecule has 5 nitrogen and oxygen atoms in total. The standard InChI is InChI=1S/C20H27NO4S/c1-6-14(2)16-7-10-18(11-8-16)26(22,23)21-15(3)19-13-17(24-4)9-12-20(19)25-5/h7-15,21H,6H2,1-5H3. The maximum absolute atomic E-state index is 12.7. The van der Waals surface area contributed by atoms with E-state index in [1.54, 1.807) is 51.5 Å². The Bertz CT molecular complexity index is 831. The Morgan fingerprint density at radius 1 is 1.00 bits per heavy atom. The molecule has 0 aromatic heterocycles. The average molecular weight is 378 g/mol. The third-order valence-corrected chi connectivity index (χ3v) is 6.16. The van der Waals surface area contributed by atoms with E-state index in [4.69, 9.17) is 9.47 Å². The van der Waals surface area contributed by atoms with Crippen LogP contribution in [0.15, 0.2) is 47.4 Å². The summed E-state index contributed by atoms with van der Waals surface area (Å²) in [7, 11) is -0.523. The highest BCUT2D eigenvalue weighted by atomic mass is 32.2. The van der Waals surface area contributed by atoms with Crippen LogP contribution in [0, 0.1) is 0 Å². The van der Waals surface area contributed by atoms with Crippen molar-refractivity contribution in [1.29, 1.82) is 0 Å². The molecule has 142 valence electrons. The number of hydrogen-bond acceptors (Lipinski definition) is 4. The summed E-state index contributed by atoms with van der Waals surface area (Å²) in [5, 5.41) is 0. The molecule has 2 atom stereocenters. The van der Waals surface area contributed by atoms with Gasteiger partial charge in [-0.15, -0.1) is 0 Å². The van der Waals surface area contributed by atoms with Crippen molar-refractivity contribution in [2.75, 3.05) is 14.2 Å². The minimum Gasteiger partial charge on any atom is -0.497 e. The molecule has 26 heavy (non-hydrogen) atoms. The monoisotopic (exact) mass is 377 g/mol. The molecule has 0 bridgehead atoms. The number of rotatable bonds is 8. The van der Waals surface area contributed by atoms with E-state index in [1.165, 1.54) is 0 Å². The van der Waals surface area contributed by atoms with Crippen LogP contribution in [0.5, 0.6) is 11.5 Å². The zero-order valence-corrected chi connectivity index (χ0v) is 16.8. The number of nitrogens with one attached hydrogen (secondary N) is 1.